The van der Waals surface area contributed by atoms with Gasteiger partial charge < -0.3 is 10.7 Å². The zero-order valence-electron chi connectivity index (χ0n) is 9.68. The van der Waals surface area contributed by atoms with Crippen molar-refractivity contribution in [2.45, 2.75) is 12.8 Å². The van der Waals surface area contributed by atoms with E-state index in [-0.39, 0.29) is 0 Å². The summed E-state index contributed by atoms with van der Waals surface area (Å²) in [5.74, 6) is 0.782. The second kappa shape index (κ2) is 4.10. The van der Waals surface area contributed by atoms with Gasteiger partial charge in [-0.05, 0) is 41.8 Å². The third-order valence-electron chi connectivity index (χ3n) is 3.08. The molecule has 0 bridgehead atoms. The minimum Gasteiger partial charge on any atom is -0.402 e. The number of fused-ring (bicyclic) bond motifs is 1. The number of H-pyrrole nitrogens is 1. The van der Waals surface area contributed by atoms with Gasteiger partial charge >= 0.3 is 0 Å². The summed E-state index contributed by atoms with van der Waals surface area (Å²) in [6, 6.07) is 5.33. The second-order valence-electron chi connectivity index (χ2n) is 4.28. The van der Waals surface area contributed by atoms with Gasteiger partial charge in [-0.3, -0.25) is 0 Å². The zero-order chi connectivity index (χ0) is 12.5. The molecule has 0 saturated heterocycles. The lowest BCUT2D eigenvalue weighted by atomic mass is 10.0. The van der Waals surface area contributed by atoms with Crippen LogP contribution in [-0.2, 0) is 0 Å². The fraction of sp³-hybridized carbons (Fsp3) is 0.154. The molecule has 0 aliphatic heterocycles. The molecule has 1 aliphatic rings. The Balaban J connectivity index is 2.12. The van der Waals surface area contributed by atoms with E-state index >= 15 is 0 Å². The van der Waals surface area contributed by atoms with Gasteiger partial charge in [0.15, 0.2) is 0 Å². The maximum Gasteiger partial charge on any atom is 0.135 e. The first-order valence-corrected chi connectivity index (χ1v) is 5.75. The lowest BCUT2D eigenvalue weighted by Crippen LogP contribution is -2.01. The van der Waals surface area contributed by atoms with E-state index in [2.05, 4.69) is 15.1 Å². The highest BCUT2D eigenvalue weighted by atomic mass is 16.3. The molecule has 1 heterocycles. The van der Waals surface area contributed by atoms with Gasteiger partial charge in [-0.2, -0.15) is 0 Å². The van der Waals surface area contributed by atoms with E-state index in [0.29, 0.717) is 11.2 Å². The number of nitrogens with zero attached hydrogens (tertiary/aromatic N) is 2. The Labute approximate surface area is 103 Å². The maximum atomic E-state index is 10.7. The number of benzene rings is 1. The molecular formula is C13H12N4O. The number of para-hydroxylation sites is 1. The summed E-state index contributed by atoms with van der Waals surface area (Å²) in [4.78, 5) is 18.4. The Morgan fingerprint density at radius 3 is 2.89 bits per heavy atom. The van der Waals surface area contributed by atoms with E-state index in [1.165, 1.54) is 0 Å². The molecule has 0 fully saturated rings. The van der Waals surface area contributed by atoms with Gasteiger partial charge in [-0.25, -0.2) is 4.98 Å². The number of allylic oxidation sites excluding steroid dienone is 4. The van der Waals surface area contributed by atoms with Crippen molar-refractivity contribution in [3.63, 3.8) is 0 Å². The number of hydrogen-bond acceptors (Lipinski definition) is 4. The standard InChI is InChI=1S/C13H12N4O/c14-9-6-4-8(5-7-9)13-15-10-2-1-3-11(17-18)12(10)16-13/h1-4,6H,5,7,14H2,(H,15,16). The van der Waals surface area contributed by atoms with Crippen molar-refractivity contribution < 1.29 is 0 Å². The van der Waals surface area contributed by atoms with E-state index in [1.54, 1.807) is 12.1 Å². The van der Waals surface area contributed by atoms with Gasteiger partial charge in [0, 0.05) is 5.70 Å². The van der Waals surface area contributed by atoms with Crippen molar-refractivity contribution in [1.29, 1.82) is 0 Å². The molecule has 3 rings (SSSR count). The molecule has 2 aromatic rings. The molecule has 5 nitrogen and oxygen atoms in total. The number of nitrogens with two attached hydrogens (primary N) is 1. The number of nitroso groups, excluding NO2 is 1. The molecule has 5 heteroatoms. The lowest BCUT2D eigenvalue weighted by molar-refractivity contribution is 0.947. The molecule has 1 aromatic heterocycles. The fourth-order valence-electron chi connectivity index (χ4n) is 2.09. The van der Waals surface area contributed by atoms with Crippen molar-refractivity contribution in [3.05, 3.63) is 46.8 Å². The first-order valence-electron chi connectivity index (χ1n) is 5.75. The van der Waals surface area contributed by atoms with Crippen molar-refractivity contribution >= 4 is 22.3 Å². The minimum atomic E-state index is 0.362. The van der Waals surface area contributed by atoms with Crippen molar-refractivity contribution in [2.24, 2.45) is 10.9 Å². The monoisotopic (exact) mass is 240 g/mol. The highest BCUT2D eigenvalue weighted by Crippen LogP contribution is 2.28. The average molecular weight is 240 g/mol. The summed E-state index contributed by atoms with van der Waals surface area (Å²) in [5.41, 5.74) is 9.50. The second-order valence-corrected chi connectivity index (χ2v) is 4.28. The Morgan fingerprint density at radius 1 is 1.28 bits per heavy atom. The predicted molar refractivity (Wildman–Crippen MR) is 71.0 cm³/mol. The van der Waals surface area contributed by atoms with Gasteiger partial charge in [0.25, 0.3) is 0 Å². The van der Waals surface area contributed by atoms with Gasteiger partial charge in [-0.1, -0.05) is 12.1 Å². The molecule has 90 valence electrons. The maximum absolute atomic E-state index is 10.7. The van der Waals surface area contributed by atoms with Gasteiger partial charge in [0.2, 0.25) is 0 Å². The van der Waals surface area contributed by atoms with Gasteiger partial charge in [-0.15, -0.1) is 4.91 Å². The SMILES string of the molecule is NC1=CC=C(c2nc3c(N=O)cccc3[nH]2)CC1. The topological polar surface area (TPSA) is 84.1 Å². The first kappa shape index (κ1) is 10.7. The van der Waals surface area contributed by atoms with Crippen molar-refractivity contribution in [2.75, 3.05) is 0 Å². The van der Waals surface area contributed by atoms with Crippen LogP contribution in [-0.4, -0.2) is 9.97 Å². The van der Waals surface area contributed by atoms with Crippen LogP contribution in [0.2, 0.25) is 0 Å². The predicted octanol–water partition coefficient (Wildman–Crippen LogP) is 2.98. The molecule has 0 spiro atoms. The van der Waals surface area contributed by atoms with Crippen LogP contribution >= 0.6 is 0 Å². The summed E-state index contributed by atoms with van der Waals surface area (Å²) in [6.45, 7) is 0. The van der Waals surface area contributed by atoms with Gasteiger partial charge in [0.05, 0.1) is 5.52 Å². The van der Waals surface area contributed by atoms with Gasteiger partial charge in [0.1, 0.15) is 17.0 Å². The van der Waals surface area contributed by atoms with Crippen LogP contribution in [0.1, 0.15) is 18.7 Å². The van der Waals surface area contributed by atoms with Crippen molar-refractivity contribution in [1.82, 2.24) is 9.97 Å². The van der Waals surface area contributed by atoms with Crippen LogP contribution in [0, 0.1) is 4.91 Å². The number of aromatic amines is 1. The number of nitrogens with one attached hydrogen (secondary N) is 1. The van der Waals surface area contributed by atoms with Crippen LogP contribution in [0.4, 0.5) is 5.69 Å². The highest BCUT2D eigenvalue weighted by molar-refractivity contribution is 5.88. The highest BCUT2D eigenvalue weighted by Gasteiger charge is 2.12. The average Bonchev–Trinajstić information content (AvgIpc) is 2.83. The molecular weight excluding hydrogens is 228 g/mol. The molecule has 0 saturated carbocycles. The Hall–Kier alpha value is -2.43. The third kappa shape index (κ3) is 1.69. The van der Waals surface area contributed by atoms with Crippen LogP contribution < -0.4 is 5.73 Å². The third-order valence-corrected chi connectivity index (χ3v) is 3.08. The summed E-state index contributed by atoms with van der Waals surface area (Å²) in [5, 5.41) is 2.99. The molecule has 0 amide bonds. The minimum absolute atomic E-state index is 0.362. The largest absolute Gasteiger partial charge is 0.402 e. The number of aromatic nitrogens is 2. The van der Waals surface area contributed by atoms with E-state index < -0.39 is 0 Å². The Bertz CT molecular complexity index is 681. The molecule has 0 radical (unpaired) electrons. The Morgan fingerprint density at radius 2 is 2.17 bits per heavy atom. The molecule has 3 N–H and O–H groups in total. The molecule has 18 heavy (non-hydrogen) atoms. The molecule has 1 aromatic carbocycles. The summed E-state index contributed by atoms with van der Waals surface area (Å²) < 4.78 is 0. The fourth-order valence-corrected chi connectivity index (χ4v) is 2.09. The number of imidazole rings is 1. The molecule has 1 aliphatic carbocycles. The summed E-state index contributed by atoms with van der Waals surface area (Å²) in [7, 11) is 0. The lowest BCUT2D eigenvalue weighted by Gasteiger charge is -2.08. The van der Waals surface area contributed by atoms with Crippen molar-refractivity contribution in [3.8, 4) is 0 Å². The summed E-state index contributed by atoms with van der Waals surface area (Å²) >= 11 is 0. The Kier molecular flexibility index (Phi) is 2.44. The van der Waals surface area contributed by atoms with E-state index in [0.717, 1.165) is 35.5 Å². The number of rotatable bonds is 2. The smallest absolute Gasteiger partial charge is 0.135 e. The van der Waals surface area contributed by atoms with Crippen LogP contribution in [0.15, 0.2) is 41.2 Å². The molecule has 0 unspecified atom stereocenters. The van der Waals surface area contributed by atoms with E-state index in [4.69, 9.17) is 5.73 Å². The van der Waals surface area contributed by atoms with Crippen LogP contribution in [0.5, 0.6) is 0 Å². The van der Waals surface area contributed by atoms with Crippen LogP contribution in [0.3, 0.4) is 0 Å². The van der Waals surface area contributed by atoms with Crippen LogP contribution in [0.25, 0.3) is 16.6 Å². The molecule has 0 atom stereocenters. The van der Waals surface area contributed by atoms with E-state index in [9.17, 15) is 4.91 Å². The first-order chi connectivity index (χ1) is 8.78. The van der Waals surface area contributed by atoms with E-state index in [1.807, 2.05) is 18.2 Å². The normalized spacial score (nSPS) is 15.3. The quantitative estimate of drug-likeness (QED) is 0.791. The summed E-state index contributed by atoms with van der Waals surface area (Å²) in [6.07, 6.45) is 5.54. The zero-order valence-corrected chi connectivity index (χ0v) is 9.68. The number of hydrogen-bond donors (Lipinski definition) is 2.